The summed E-state index contributed by atoms with van der Waals surface area (Å²) < 4.78 is 1.03. The number of nitrogens with zero attached hydrogens (tertiary/aromatic N) is 2. The number of aliphatic hydroxyl groups excluding tert-OH is 1. The molecule has 2 saturated heterocycles. The van der Waals surface area contributed by atoms with Crippen LogP contribution in [0.25, 0.3) is 0 Å². The van der Waals surface area contributed by atoms with Crippen molar-refractivity contribution in [3.63, 3.8) is 0 Å². The van der Waals surface area contributed by atoms with Crippen LogP contribution in [0.4, 0.5) is 0 Å². The van der Waals surface area contributed by atoms with Gasteiger partial charge in [0.25, 0.3) is 0 Å². The van der Waals surface area contributed by atoms with Gasteiger partial charge in [-0.3, -0.25) is 0 Å². The van der Waals surface area contributed by atoms with Gasteiger partial charge in [-0.2, -0.15) is 5.26 Å². The summed E-state index contributed by atoms with van der Waals surface area (Å²) in [6.07, 6.45) is 5.72. The molecule has 154 valence electrons. The Morgan fingerprint density at radius 1 is 0.966 bits per heavy atom. The van der Waals surface area contributed by atoms with E-state index in [9.17, 15) is 10.4 Å². The molecule has 2 fully saturated rings. The van der Waals surface area contributed by atoms with Crippen molar-refractivity contribution in [1.29, 1.82) is 5.26 Å². The zero-order valence-electron chi connectivity index (χ0n) is 17.2. The van der Waals surface area contributed by atoms with Crippen molar-refractivity contribution in [1.82, 2.24) is 0 Å². The van der Waals surface area contributed by atoms with Gasteiger partial charge >= 0.3 is 0 Å². The maximum Gasteiger partial charge on any atom is 0.107 e. The van der Waals surface area contributed by atoms with E-state index in [2.05, 4.69) is 37.4 Å². The van der Waals surface area contributed by atoms with E-state index < -0.39 is 5.41 Å². The highest BCUT2D eigenvalue weighted by Gasteiger charge is 2.52. The summed E-state index contributed by atoms with van der Waals surface area (Å²) in [7, 11) is 2.33. The van der Waals surface area contributed by atoms with Crippen LogP contribution in [0.3, 0.4) is 0 Å². The number of nitriles is 1. The zero-order valence-corrected chi connectivity index (χ0v) is 18.8. The molecule has 2 bridgehead atoms. The number of quaternary nitrogens is 1. The smallest absolute Gasteiger partial charge is 0.107 e. The minimum Gasteiger partial charge on any atom is -1.00 e. The number of hydrogen-bond donors (Lipinski definition) is 1. The van der Waals surface area contributed by atoms with Gasteiger partial charge in [0.15, 0.2) is 0 Å². The molecule has 0 saturated carbocycles. The van der Waals surface area contributed by atoms with Crippen molar-refractivity contribution in [3.8, 4) is 6.07 Å². The minimum absolute atomic E-state index is 0. The van der Waals surface area contributed by atoms with Gasteiger partial charge in [0.05, 0.1) is 31.8 Å². The largest absolute Gasteiger partial charge is 1.00 e. The summed E-state index contributed by atoms with van der Waals surface area (Å²) in [4.78, 5) is 0. The van der Waals surface area contributed by atoms with Gasteiger partial charge in [-0.25, -0.2) is 0 Å². The van der Waals surface area contributed by atoms with E-state index in [-0.39, 0.29) is 23.6 Å². The van der Waals surface area contributed by atoms with Crippen molar-refractivity contribution in [2.45, 2.75) is 49.6 Å². The number of fused-ring (bicyclic) bond motifs is 2. The SMILES string of the molecule is C[N+]1(CCO)C2CCC1CC(CC(C#N)(c1ccccc1)c1ccccc1)C2.[Br-]. The molecule has 0 aromatic heterocycles. The second-order valence-electron chi connectivity index (χ2n) is 8.97. The van der Waals surface area contributed by atoms with E-state index in [1.165, 1.54) is 12.8 Å². The summed E-state index contributed by atoms with van der Waals surface area (Å²) >= 11 is 0. The highest BCUT2D eigenvalue weighted by Crippen LogP contribution is 2.48. The van der Waals surface area contributed by atoms with Crippen molar-refractivity contribution >= 4 is 0 Å². The molecule has 0 amide bonds. The topological polar surface area (TPSA) is 44.0 Å². The summed E-state index contributed by atoms with van der Waals surface area (Å²) in [5, 5.41) is 20.0. The molecule has 2 aromatic carbocycles. The number of hydrogen-bond acceptors (Lipinski definition) is 2. The fraction of sp³-hybridized carbons (Fsp3) is 0.480. The first-order chi connectivity index (χ1) is 13.6. The molecule has 4 rings (SSSR count). The van der Waals surface area contributed by atoms with Gasteiger partial charge in [-0.1, -0.05) is 60.7 Å². The third-order valence-corrected chi connectivity index (χ3v) is 7.61. The molecule has 2 unspecified atom stereocenters. The van der Waals surface area contributed by atoms with Crippen LogP contribution in [-0.4, -0.2) is 41.9 Å². The van der Waals surface area contributed by atoms with Crippen LogP contribution in [0.5, 0.6) is 0 Å². The highest BCUT2D eigenvalue weighted by atomic mass is 79.9. The lowest BCUT2D eigenvalue weighted by molar-refractivity contribution is -0.949. The first-order valence-corrected chi connectivity index (χ1v) is 10.6. The lowest BCUT2D eigenvalue weighted by atomic mass is 9.67. The Morgan fingerprint density at radius 2 is 1.45 bits per heavy atom. The lowest BCUT2D eigenvalue weighted by Gasteiger charge is -2.48. The van der Waals surface area contributed by atoms with Crippen LogP contribution in [0.2, 0.25) is 0 Å². The normalized spacial score (nSPS) is 28.4. The maximum atomic E-state index is 10.5. The molecular weight excluding hydrogens is 424 g/mol. The van der Waals surface area contributed by atoms with Crippen LogP contribution in [0, 0.1) is 17.2 Å². The van der Waals surface area contributed by atoms with Gasteiger partial charge in [0.2, 0.25) is 0 Å². The average Bonchev–Trinajstić information content (AvgIpc) is 2.90. The molecule has 2 aromatic rings. The summed E-state index contributed by atoms with van der Waals surface area (Å²) in [5.41, 5.74) is 1.62. The predicted octanol–water partition coefficient (Wildman–Crippen LogP) is 1.27. The first-order valence-electron chi connectivity index (χ1n) is 10.6. The van der Waals surface area contributed by atoms with Gasteiger partial charge in [-0.15, -0.1) is 0 Å². The third kappa shape index (κ3) is 3.89. The summed E-state index contributed by atoms with van der Waals surface area (Å²) in [6, 6.07) is 24.7. The number of piperidine rings is 1. The van der Waals surface area contributed by atoms with Crippen LogP contribution in [0.15, 0.2) is 60.7 Å². The first kappa shape index (κ1) is 22.0. The average molecular weight is 455 g/mol. The van der Waals surface area contributed by atoms with Gasteiger partial charge in [0, 0.05) is 25.7 Å². The van der Waals surface area contributed by atoms with Crippen molar-refractivity contribution in [2.24, 2.45) is 5.92 Å². The quantitative estimate of drug-likeness (QED) is 0.667. The Bertz CT molecular complexity index is 779. The summed E-state index contributed by atoms with van der Waals surface area (Å²) in [6.45, 7) is 1.13. The van der Waals surface area contributed by atoms with Crippen molar-refractivity contribution in [3.05, 3.63) is 71.8 Å². The number of likely N-dealkylation sites (N-methyl/N-ethyl adjacent to an activating group) is 1. The van der Waals surface area contributed by atoms with Crippen LogP contribution < -0.4 is 17.0 Å². The lowest BCUT2D eigenvalue weighted by Crippen LogP contribution is -3.00. The number of benzene rings is 2. The van der Waals surface area contributed by atoms with E-state index in [1.54, 1.807) is 0 Å². The van der Waals surface area contributed by atoms with Crippen LogP contribution in [0.1, 0.15) is 43.2 Å². The Kier molecular flexibility index (Phi) is 6.83. The predicted molar refractivity (Wildman–Crippen MR) is 112 cm³/mol. The summed E-state index contributed by atoms with van der Waals surface area (Å²) in [5.74, 6) is 0.544. The Morgan fingerprint density at radius 3 is 1.86 bits per heavy atom. The van der Waals surface area contributed by atoms with E-state index in [1.807, 2.05) is 36.4 Å². The van der Waals surface area contributed by atoms with Gasteiger partial charge < -0.3 is 26.6 Å². The second kappa shape index (κ2) is 9.00. The van der Waals surface area contributed by atoms with Gasteiger partial charge in [-0.05, 0) is 23.5 Å². The fourth-order valence-electron chi connectivity index (χ4n) is 6.06. The second-order valence-corrected chi connectivity index (χ2v) is 8.97. The molecule has 0 spiro atoms. The monoisotopic (exact) mass is 454 g/mol. The molecule has 4 heteroatoms. The Hall–Kier alpha value is -1.67. The number of rotatable bonds is 6. The van der Waals surface area contributed by atoms with E-state index in [0.29, 0.717) is 18.0 Å². The molecule has 3 nitrogen and oxygen atoms in total. The van der Waals surface area contributed by atoms with E-state index in [0.717, 1.165) is 41.4 Å². The Balaban J connectivity index is 0.00000240. The van der Waals surface area contributed by atoms with Crippen LogP contribution in [-0.2, 0) is 5.41 Å². The highest BCUT2D eigenvalue weighted by molar-refractivity contribution is 5.45. The third-order valence-electron chi connectivity index (χ3n) is 7.61. The van der Waals surface area contributed by atoms with E-state index in [4.69, 9.17) is 0 Å². The van der Waals surface area contributed by atoms with Crippen LogP contribution >= 0.6 is 0 Å². The Labute approximate surface area is 185 Å². The number of aliphatic hydroxyl groups is 1. The molecule has 2 aliphatic rings. The van der Waals surface area contributed by atoms with Crippen molar-refractivity contribution < 1.29 is 26.6 Å². The molecule has 2 atom stereocenters. The standard InChI is InChI=1S/C25H31N2O.BrH/c1-27(14-15-28)23-12-13-24(27)17-20(16-23)18-25(19-26,21-8-4-2-5-9-21)22-10-6-3-7-11-22;/h2-11,20,23-24,28H,12-18H2,1H3;1H/q+1;/p-1. The fourth-order valence-corrected chi connectivity index (χ4v) is 6.06. The molecule has 29 heavy (non-hydrogen) atoms. The van der Waals surface area contributed by atoms with Crippen molar-refractivity contribution in [2.75, 3.05) is 20.2 Å². The molecule has 1 N–H and O–H groups in total. The molecule has 0 radical (unpaired) electrons. The molecule has 2 heterocycles. The minimum atomic E-state index is -0.593. The molecular formula is C25H31BrN2O. The maximum absolute atomic E-state index is 10.5. The molecule has 0 aliphatic carbocycles. The zero-order chi connectivity index (χ0) is 19.6. The van der Waals surface area contributed by atoms with E-state index >= 15 is 0 Å². The number of halogens is 1. The molecule has 2 aliphatic heterocycles. The van der Waals surface area contributed by atoms with Gasteiger partial charge in [0.1, 0.15) is 12.0 Å².